The smallest absolute Gasteiger partial charge is 0.164 e. The van der Waals surface area contributed by atoms with Crippen LogP contribution in [-0.2, 0) is 0 Å². The molecule has 0 saturated heterocycles. The largest absolute Gasteiger partial charge is 0.484 e. The van der Waals surface area contributed by atoms with Crippen LogP contribution in [0.2, 0.25) is 0 Å². The van der Waals surface area contributed by atoms with Gasteiger partial charge >= 0.3 is 0 Å². The number of rotatable bonds is 6. The second kappa shape index (κ2) is 12.3. The van der Waals surface area contributed by atoms with Crippen molar-refractivity contribution >= 4 is 5.57 Å². The summed E-state index contributed by atoms with van der Waals surface area (Å²) < 4.78 is 6.51. The predicted octanol–water partition coefficient (Wildman–Crippen LogP) is 10.7. The van der Waals surface area contributed by atoms with Crippen molar-refractivity contribution in [3.63, 3.8) is 0 Å². The Labute approximate surface area is 285 Å². The highest BCUT2D eigenvalue weighted by molar-refractivity contribution is 5.79. The van der Waals surface area contributed by atoms with E-state index in [9.17, 15) is 0 Å². The summed E-state index contributed by atoms with van der Waals surface area (Å²) in [7, 11) is 0. The molecule has 0 saturated carbocycles. The van der Waals surface area contributed by atoms with Crippen LogP contribution in [0, 0.1) is 0 Å². The molecule has 1 aliphatic heterocycles. The van der Waals surface area contributed by atoms with Gasteiger partial charge in [-0.15, -0.1) is 0 Å². The van der Waals surface area contributed by atoms with Gasteiger partial charge in [-0.25, -0.2) is 15.0 Å². The van der Waals surface area contributed by atoms with E-state index in [-0.39, 0.29) is 12.0 Å². The minimum absolute atomic E-state index is 0.0800. The van der Waals surface area contributed by atoms with Crippen molar-refractivity contribution in [2.24, 2.45) is 0 Å². The average molecular weight is 630 g/mol. The topological polar surface area (TPSA) is 47.9 Å². The van der Waals surface area contributed by atoms with Gasteiger partial charge in [-0.05, 0) is 52.1 Å². The Balaban J connectivity index is 1.15. The monoisotopic (exact) mass is 629 g/mol. The molecule has 2 unspecified atom stereocenters. The Kier molecular flexibility index (Phi) is 7.25. The molecule has 4 heteroatoms. The maximum Gasteiger partial charge on any atom is 0.164 e. The molecule has 2 heterocycles. The Bertz CT molecular complexity index is 2280. The van der Waals surface area contributed by atoms with E-state index in [1.54, 1.807) is 0 Å². The molecule has 9 rings (SSSR count). The van der Waals surface area contributed by atoms with Gasteiger partial charge in [0.1, 0.15) is 11.9 Å². The number of allylic oxidation sites excluding steroid dienone is 2. The lowest BCUT2D eigenvalue weighted by molar-refractivity contribution is 0.278. The molecule has 0 N–H and O–H groups in total. The Morgan fingerprint density at radius 3 is 1.43 bits per heavy atom. The van der Waals surface area contributed by atoms with Gasteiger partial charge in [-0.3, -0.25) is 0 Å². The summed E-state index contributed by atoms with van der Waals surface area (Å²) in [5.74, 6) is 3.01. The number of hydrogen-bond acceptors (Lipinski definition) is 4. The third-order valence-electron chi connectivity index (χ3n) is 9.30. The zero-order chi connectivity index (χ0) is 32.6. The number of nitrogens with zero attached hydrogens (tertiary/aromatic N) is 3. The van der Waals surface area contributed by atoms with Crippen molar-refractivity contribution in [1.82, 2.24) is 15.0 Å². The summed E-state index contributed by atoms with van der Waals surface area (Å²) in [6, 6.07) is 54.4. The zero-order valence-electron chi connectivity index (χ0n) is 26.6. The fourth-order valence-corrected chi connectivity index (χ4v) is 6.87. The van der Waals surface area contributed by atoms with E-state index < -0.39 is 0 Å². The molecule has 0 fully saturated rings. The normalized spacial score (nSPS) is 16.0. The molecule has 49 heavy (non-hydrogen) atoms. The van der Waals surface area contributed by atoms with E-state index in [0.29, 0.717) is 17.5 Å². The van der Waals surface area contributed by atoms with E-state index in [4.69, 9.17) is 19.7 Å². The third-order valence-corrected chi connectivity index (χ3v) is 9.30. The molecule has 2 atom stereocenters. The zero-order valence-corrected chi connectivity index (χ0v) is 26.6. The number of para-hydroxylation sites is 1. The van der Waals surface area contributed by atoms with Gasteiger partial charge in [0, 0.05) is 33.7 Å². The van der Waals surface area contributed by atoms with Gasteiger partial charge in [0.05, 0.1) is 0 Å². The maximum atomic E-state index is 6.51. The lowest BCUT2D eigenvalue weighted by Crippen LogP contribution is -2.21. The Morgan fingerprint density at radius 1 is 0.408 bits per heavy atom. The van der Waals surface area contributed by atoms with E-state index in [1.165, 1.54) is 5.56 Å². The highest BCUT2D eigenvalue weighted by Crippen LogP contribution is 2.46. The number of fused-ring (bicyclic) bond motifs is 3. The average Bonchev–Trinajstić information content (AvgIpc) is 3.58. The Hall–Kier alpha value is -6.39. The minimum atomic E-state index is -0.0800. The fraction of sp³-hybridized carbons (Fsp3) is 0.0444. The molecule has 1 aromatic heterocycles. The first kappa shape index (κ1) is 28.8. The lowest BCUT2D eigenvalue weighted by atomic mass is 9.84. The van der Waals surface area contributed by atoms with Gasteiger partial charge in [0.25, 0.3) is 0 Å². The van der Waals surface area contributed by atoms with Crippen LogP contribution in [0.4, 0.5) is 0 Å². The van der Waals surface area contributed by atoms with E-state index in [1.807, 2.05) is 18.2 Å². The molecule has 6 aromatic carbocycles. The van der Waals surface area contributed by atoms with E-state index >= 15 is 0 Å². The van der Waals surface area contributed by atoms with Crippen molar-refractivity contribution in [2.75, 3.05) is 0 Å². The first-order valence-corrected chi connectivity index (χ1v) is 16.6. The van der Waals surface area contributed by atoms with Crippen molar-refractivity contribution in [3.05, 3.63) is 187 Å². The summed E-state index contributed by atoms with van der Waals surface area (Å²) >= 11 is 0. The fourth-order valence-electron chi connectivity index (χ4n) is 6.87. The molecule has 0 spiro atoms. The van der Waals surface area contributed by atoms with Crippen LogP contribution in [0.15, 0.2) is 176 Å². The molecule has 0 bridgehead atoms. The van der Waals surface area contributed by atoms with Crippen molar-refractivity contribution in [2.45, 2.75) is 12.0 Å². The molecule has 1 aliphatic carbocycles. The standard InChI is InChI=1S/C45H31N3O/c1-3-13-30(14-4-1)32-17-9-20-35(27-32)43-46-44(36-21-10-18-33(28-36)31-15-5-2-6-16-31)48-45(47-43)37-22-11-19-34(29-37)38-24-12-25-40-39-23-7-8-26-41(39)49-42(38)40/h1-29,40,42H. The van der Waals surface area contributed by atoms with E-state index in [2.05, 4.69) is 158 Å². The molecule has 0 radical (unpaired) electrons. The number of aromatic nitrogens is 3. The quantitative estimate of drug-likeness (QED) is 0.184. The van der Waals surface area contributed by atoms with Crippen LogP contribution in [0.5, 0.6) is 5.75 Å². The second-order valence-electron chi connectivity index (χ2n) is 12.4. The van der Waals surface area contributed by atoms with Gasteiger partial charge < -0.3 is 4.74 Å². The lowest BCUT2D eigenvalue weighted by Gasteiger charge is -2.23. The van der Waals surface area contributed by atoms with Crippen molar-refractivity contribution in [3.8, 4) is 62.2 Å². The highest BCUT2D eigenvalue weighted by atomic mass is 16.5. The third kappa shape index (κ3) is 5.53. The first-order chi connectivity index (χ1) is 24.3. The van der Waals surface area contributed by atoms with Crippen molar-refractivity contribution < 1.29 is 4.74 Å². The van der Waals surface area contributed by atoms with Crippen LogP contribution in [0.25, 0.3) is 62.0 Å². The van der Waals surface area contributed by atoms with E-state index in [0.717, 1.165) is 55.8 Å². The van der Waals surface area contributed by atoms with Gasteiger partial charge in [0.15, 0.2) is 17.5 Å². The summed E-state index contributed by atoms with van der Waals surface area (Å²) in [6.07, 6.45) is 6.47. The van der Waals surface area contributed by atoms with Crippen LogP contribution in [0.3, 0.4) is 0 Å². The van der Waals surface area contributed by atoms with Crippen LogP contribution < -0.4 is 4.74 Å². The molecule has 232 valence electrons. The molecule has 2 aliphatic rings. The molecule has 4 nitrogen and oxygen atoms in total. The van der Waals surface area contributed by atoms with Crippen LogP contribution in [-0.4, -0.2) is 21.1 Å². The maximum absolute atomic E-state index is 6.51. The van der Waals surface area contributed by atoms with Crippen LogP contribution in [0.1, 0.15) is 17.0 Å². The summed E-state index contributed by atoms with van der Waals surface area (Å²) in [6.45, 7) is 0. The van der Waals surface area contributed by atoms with Crippen LogP contribution >= 0.6 is 0 Å². The SMILES string of the molecule is C1=CC2c3ccccc3OC2C(c2cccc(-c3nc(-c4cccc(-c5ccccc5)c4)nc(-c4cccc(-c5ccccc5)c4)n3)c2)=C1. The van der Waals surface area contributed by atoms with Gasteiger partial charge in [0.2, 0.25) is 0 Å². The Morgan fingerprint density at radius 2 is 0.857 bits per heavy atom. The van der Waals surface area contributed by atoms with Crippen molar-refractivity contribution in [1.29, 1.82) is 0 Å². The highest BCUT2D eigenvalue weighted by Gasteiger charge is 2.36. The number of benzene rings is 6. The molecular formula is C45H31N3O. The number of ether oxygens (including phenoxy) is 1. The minimum Gasteiger partial charge on any atom is -0.484 e. The first-order valence-electron chi connectivity index (χ1n) is 16.6. The summed E-state index contributed by atoms with van der Waals surface area (Å²) in [4.78, 5) is 15.3. The van der Waals surface area contributed by atoms with Gasteiger partial charge in [-0.2, -0.15) is 0 Å². The molecule has 7 aromatic rings. The summed E-state index contributed by atoms with van der Waals surface area (Å²) in [5.41, 5.74) is 10.8. The molecular weight excluding hydrogens is 599 g/mol. The second-order valence-corrected chi connectivity index (χ2v) is 12.4. The van der Waals surface area contributed by atoms with Gasteiger partial charge in [-0.1, -0.05) is 152 Å². The predicted molar refractivity (Wildman–Crippen MR) is 198 cm³/mol. The summed E-state index contributed by atoms with van der Waals surface area (Å²) in [5, 5.41) is 0. The number of hydrogen-bond donors (Lipinski definition) is 0. The molecule has 0 amide bonds.